The average Bonchev–Trinajstić information content (AvgIpc) is 3.03. The van der Waals surface area contributed by atoms with Gasteiger partial charge in [0.25, 0.3) is 0 Å². The average molecular weight is 286 g/mol. The fourth-order valence-corrected chi connectivity index (χ4v) is 3.24. The molecule has 1 aromatic carbocycles. The van der Waals surface area contributed by atoms with Crippen molar-refractivity contribution in [1.29, 1.82) is 0 Å². The van der Waals surface area contributed by atoms with Crippen LogP contribution in [-0.4, -0.2) is 16.7 Å². The minimum atomic E-state index is 0.164. The van der Waals surface area contributed by atoms with E-state index < -0.39 is 0 Å². The summed E-state index contributed by atoms with van der Waals surface area (Å²) in [6, 6.07) is 11.2. The molecule has 1 saturated carbocycles. The molecule has 3 N–H and O–H groups in total. The first-order valence-corrected chi connectivity index (χ1v) is 7.64. The van der Waals surface area contributed by atoms with E-state index >= 15 is 0 Å². The van der Waals surface area contributed by atoms with Crippen LogP contribution in [0.4, 0.5) is 6.01 Å². The van der Waals surface area contributed by atoms with Crippen molar-refractivity contribution in [3.05, 3.63) is 41.8 Å². The highest BCUT2D eigenvalue weighted by atomic mass is 16.4. The van der Waals surface area contributed by atoms with Crippen molar-refractivity contribution >= 4 is 6.01 Å². The molecule has 0 saturated heterocycles. The van der Waals surface area contributed by atoms with Crippen LogP contribution in [0.2, 0.25) is 0 Å². The predicted octanol–water partition coefficient (Wildman–Crippen LogP) is 2.84. The Morgan fingerprint density at radius 2 is 1.86 bits per heavy atom. The summed E-state index contributed by atoms with van der Waals surface area (Å²) in [6.07, 6.45) is 6.26. The fraction of sp³-hybridized carbons (Fsp3) is 0.500. The van der Waals surface area contributed by atoms with Crippen molar-refractivity contribution < 1.29 is 4.42 Å². The monoisotopic (exact) mass is 286 g/mol. The molecule has 0 radical (unpaired) electrons. The Morgan fingerprint density at radius 3 is 2.52 bits per heavy atom. The van der Waals surface area contributed by atoms with E-state index in [4.69, 9.17) is 10.2 Å². The SMILES string of the molecule is NCc1nnc(NCC2(c3ccccc3)CCCCC2)o1. The van der Waals surface area contributed by atoms with Gasteiger partial charge in [0.1, 0.15) is 0 Å². The zero-order valence-corrected chi connectivity index (χ0v) is 12.2. The third-order valence-corrected chi connectivity index (χ3v) is 4.42. The zero-order chi connectivity index (χ0) is 14.5. The highest BCUT2D eigenvalue weighted by molar-refractivity contribution is 5.30. The quantitative estimate of drug-likeness (QED) is 0.883. The molecule has 0 aliphatic heterocycles. The molecule has 1 aliphatic carbocycles. The highest BCUT2D eigenvalue weighted by Crippen LogP contribution is 2.39. The van der Waals surface area contributed by atoms with Gasteiger partial charge in [0, 0.05) is 12.0 Å². The number of rotatable bonds is 5. The molecule has 1 aliphatic rings. The molecular weight excluding hydrogens is 264 g/mol. The van der Waals surface area contributed by atoms with E-state index in [0.717, 1.165) is 6.54 Å². The molecule has 0 bridgehead atoms. The number of hydrogen-bond donors (Lipinski definition) is 2. The zero-order valence-electron chi connectivity index (χ0n) is 12.2. The lowest BCUT2D eigenvalue weighted by Gasteiger charge is -2.37. The Balaban J connectivity index is 1.76. The van der Waals surface area contributed by atoms with Crippen LogP contribution in [0.15, 0.2) is 34.7 Å². The third-order valence-electron chi connectivity index (χ3n) is 4.42. The van der Waals surface area contributed by atoms with Crippen molar-refractivity contribution in [3.63, 3.8) is 0 Å². The summed E-state index contributed by atoms with van der Waals surface area (Å²) in [7, 11) is 0. The van der Waals surface area contributed by atoms with Crippen LogP contribution in [0.5, 0.6) is 0 Å². The topological polar surface area (TPSA) is 77.0 Å². The third kappa shape index (κ3) is 3.08. The van der Waals surface area contributed by atoms with E-state index in [2.05, 4.69) is 45.8 Å². The minimum absolute atomic E-state index is 0.164. The van der Waals surface area contributed by atoms with Crippen LogP contribution in [0.25, 0.3) is 0 Å². The van der Waals surface area contributed by atoms with Crippen molar-refractivity contribution in [2.75, 3.05) is 11.9 Å². The summed E-state index contributed by atoms with van der Waals surface area (Å²) in [6.45, 7) is 1.10. The summed E-state index contributed by atoms with van der Waals surface area (Å²) >= 11 is 0. The summed E-state index contributed by atoms with van der Waals surface area (Å²) < 4.78 is 5.45. The van der Waals surface area contributed by atoms with Crippen LogP contribution in [-0.2, 0) is 12.0 Å². The molecular formula is C16H22N4O. The summed E-state index contributed by atoms with van der Waals surface area (Å²) in [4.78, 5) is 0. The van der Waals surface area contributed by atoms with Gasteiger partial charge < -0.3 is 15.5 Å². The normalized spacial score (nSPS) is 17.6. The Kier molecular flexibility index (Phi) is 4.20. The van der Waals surface area contributed by atoms with Crippen LogP contribution in [0.3, 0.4) is 0 Å². The maximum Gasteiger partial charge on any atom is 0.315 e. The highest BCUT2D eigenvalue weighted by Gasteiger charge is 2.34. The molecule has 112 valence electrons. The molecule has 0 atom stereocenters. The van der Waals surface area contributed by atoms with E-state index in [0.29, 0.717) is 11.9 Å². The second kappa shape index (κ2) is 6.26. The standard InChI is InChI=1S/C16H22N4O/c17-11-14-19-20-15(21-14)18-12-16(9-5-2-6-10-16)13-7-3-1-4-8-13/h1,3-4,7-8H,2,5-6,9-12,17H2,(H,18,20). The van der Waals surface area contributed by atoms with E-state index in [9.17, 15) is 0 Å². The molecule has 1 fully saturated rings. The second-order valence-electron chi connectivity index (χ2n) is 5.77. The Bertz CT molecular complexity index is 561. The Morgan fingerprint density at radius 1 is 1.10 bits per heavy atom. The largest absolute Gasteiger partial charge is 0.407 e. The molecule has 21 heavy (non-hydrogen) atoms. The van der Waals surface area contributed by atoms with Gasteiger partial charge in [-0.1, -0.05) is 54.7 Å². The maximum atomic E-state index is 5.50. The maximum absolute atomic E-state index is 5.50. The van der Waals surface area contributed by atoms with Gasteiger partial charge in [-0.3, -0.25) is 0 Å². The first-order valence-electron chi connectivity index (χ1n) is 7.64. The number of benzene rings is 1. The van der Waals surface area contributed by atoms with Crippen LogP contribution in [0.1, 0.15) is 43.6 Å². The molecule has 0 spiro atoms. The van der Waals surface area contributed by atoms with Crippen molar-refractivity contribution in [3.8, 4) is 0 Å². The number of anilines is 1. The number of nitrogens with two attached hydrogens (primary N) is 1. The number of aromatic nitrogens is 2. The van der Waals surface area contributed by atoms with Crippen LogP contribution < -0.4 is 11.1 Å². The van der Waals surface area contributed by atoms with Crippen molar-refractivity contribution in [2.45, 2.75) is 44.1 Å². The first kappa shape index (κ1) is 14.1. The molecule has 1 aromatic heterocycles. The summed E-state index contributed by atoms with van der Waals surface area (Å²) in [5.74, 6) is 0.468. The van der Waals surface area contributed by atoms with Gasteiger partial charge in [-0.25, -0.2) is 0 Å². The fourth-order valence-electron chi connectivity index (χ4n) is 3.24. The molecule has 1 heterocycles. The predicted molar refractivity (Wildman–Crippen MR) is 81.9 cm³/mol. The molecule has 0 unspecified atom stereocenters. The number of nitrogens with zero attached hydrogens (tertiary/aromatic N) is 2. The minimum Gasteiger partial charge on any atom is -0.407 e. The van der Waals surface area contributed by atoms with Crippen molar-refractivity contribution in [1.82, 2.24) is 10.2 Å². The van der Waals surface area contributed by atoms with Crippen LogP contribution in [0, 0.1) is 0 Å². The lowest BCUT2D eigenvalue weighted by molar-refractivity contribution is 0.305. The van der Waals surface area contributed by atoms with Gasteiger partial charge in [0.15, 0.2) is 0 Å². The smallest absolute Gasteiger partial charge is 0.315 e. The first-order chi connectivity index (χ1) is 10.3. The number of nitrogens with one attached hydrogen (secondary N) is 1. The molecule has 5 heteroatoms. The van der Waals surface area contributed by atoms with E-state index in [1.807, 2.05) is 0 Å². The van der Waals surface area contributed by atoms with Gasteiger partial charge in [-0.15, -0.1) is 5.10 Å². The Labute approximate surface area is 124 Å². The van der Waals surface area contributed by atoms with Crippen LogP contribution >= 0.6 is 0 Å². The Hall–Kier alpha value is -1.88. The van der Waals surface area contributed by atoms with Gasteiger partial charge in [-0.05, 0) is 18.4 Å². The van der Waals surface area contributed by atoms with Crippen molar-refractivity contribution in [2.24, 2.45) is 5.73 Å². The van der Waals surface area contributed by atoms with Gasteiger partial charge in [-0.2, -0.15) is 0 Å². The molecule has 5 nitrogen and oxygen atoms in total. The second-order valence-corrected chi connectivity index (χ2v) is 5.77. The molecule has 2 aromatic rings. The van der Waals surface area contributed by atoms with Gasteiger partial charge in [0.05, 0.1) is 6.54 Å². The summed E-state index contributed by atoms with van der Waals surface area (Å²) in [5, 5.41) is 11.2. The van der Waals surface area contributed by atoms with Gasteiger partial charge in [0.2, 0.25) is 5.89 Å². The van der Waals surface area contributed by atoms with E-state index in [1.54, 1.807) is 0 Å². The van der Waals surface area contributed by atoms with Gasteiger partial charge >= 0.3 is 6.01 Å². The number of hydrogen-bond acceptors (Lipinski definition) is 5. The van der Waals surface area contributed by atoms with E-state index in [1.165, 1.54) is 37.7 Å². The molecule has 3 rings (SSSR count). The summed E-state index contributed by atoms with van der Waals surface area (Å²) in [5.41, 5.74) is 7.06. The molecule has 0 amide bonds. The lowest BCUT2D eigenvalue weighted by Crippen LogP contribution is -2.36. The van der Waals surface area contributed by atoms with E-state index in [-0.39, 0.29) is 12.0 Å². The lowest BCUT2D eigenvalue weighted by atomic mass is 9.69.